The van der Waals surface area contributed by atoms with Crippen LogP contribution in [0.2, 0.25) is 0 Å². The number of furan rings is 1. The molecule has 2 aromatic carbocycles. The third kappa shape index (κ3) is 4.65. The number of hydrogen-bond donors (Lipinski definition) is 2. The van der Waals surface area contributed by atoms with Gasteiger partial charge in [-0.1, -0.05) is 24.8 Å². The molecule has 0 atom stereocenters. The van der Waals surface area contributed by atoms with Crippen molar-refractivity contribution in [3.8, 4) is 22.8 Å². The Hall–Kier alpha value is -4.59. The van der Waals surface area contributed by atoms with Crippen LogP contribution in [0.15, 0.2) is 65.4 Å². The van der Waals surface area contributed by atoms with Crippen molar-refractivity contribution >= 4 is 29.6 Å². The first-order valence-electron chi connectivity index (χ1n) is 11.2. The number of carbonyl (C=O) groups is 1. The second-order valence-corrected chi connectivity index (χ2v) is 8.21. The summed E-state index contributed by atoms with van der Waals surface area (Å²) in [6.45, 7) is 8.91. The van der Waals surface area contributed by atoms with Crippen molar-refractivity contribution in [3.05, 3.63) is 89.1 Å². The quantitative estimate of drug-likeness (QED) is 0.274. The Balaban J connectivity index is 1.98. The van der Waals surface area contributed by atoms with Crippen LogP contribution in [0.4, 0.5) is 15.9 Å². The molecule has 0 amide bonds. The summed E-state index contributed by atoms with van der Waals surface area (Å²) in [6, 6.07) is 14.2. The number of carboxylic acid groups (broad SMARTS) is 1. The maximum atomic E-state index is 13.7. The van der Waals surface area contributed by atoms with Crippen molar-refractivity contribution in [2.45, 2.75) is 20.8 Å². The zero-order valence-corrected chi connectivity index (χ0v) is 20.4. The smallest absolute Gasteiger partial charge is 0.337 e. The van der Waals surface area contributed by atoms with E-state index in [2.05, 4.69) is 11.9 Å². The number of anilines is 2. The molecule has 184 valence electrons. The number of aromatic nitrogens is 2. The third-order valence-electron chi connectivity index (χ3n) is 5.69. The zero-order valence-electron chi connectivity index (χ0n) is 20.4. The fourth-order valence-electron chi connectivity index (χ4n) is 4.01. The highest BCUT2D eigenvalue weighted by Crippen LogP contribution is 2.39. The minimum atomic E-state index is -1.12. The number of methoxy groups -OCH3 is 1. The first-order chi connectivity index (χ1) is 17.2. The normalized spacial score (nSPS) is 11.4. The highest BCUT2D eigenvalue weighted by Gasteiger charge is 2.24. The number of allylic oxidation sites excluding steroid dienone is 1. The topological polar surface area (TPSA) is 89.5 Å². The molecule has 0 aliphatic heterocycles. The maximum Gasteiger partial charge on any atom is 0.337 e. The van der Waals surface area contributed by atoms with E-state index >= 15 is 0 Å². The molecule has 2 aromatic heterocycles. The second kappa shape index (κ2) is 9.95. The molecule has 4 aromatic rings. The fourth-order valence-corrected chi connectivity index (χ4v) is 4.01. The summed E-state index contributed by atoms with van der Waals surface area (Å²) in [5, 5.41) is 17.9. The van der Waals surface area contributed by atoms with Gasteiger partial charge in [-0.2, -0.15) is 5.10 Å². The van der Waals surface area contributed by atoms with Crippen molar-refractivity contribution in [1.82, 2.24) is 9.78 Å². The minimum absolute atomic E-state index is 0.0263. The lowest BCUT2D eigenvalue weighted by Gasteiger charge is -2.15. The van der Waals surface area contributed by atoms with Crippen molar-refractivity contribution in [3.63, 3.8) is 0 Å². The Morgan fingerprint density at radius 1 is 1.22 bits per heavy atom. The average molecular weight is 488 g/mol. The number of rotatable bonds is 8. The summed E-state index contributed by atoms with van der Waals surface area (Å²) in [5.41, 5.74) is 3.89. The van der Waals surface area contributed by atoms with Gasteiger partial charge in [-0.3, -0.25) is 0 Å². The Labute approximate surface area is 208 Å². The summed E-state index contributed by atoms with van der Waals surface area (Å²) >= 11 is 0. The number of aromatic carboxylic acids is 1. The lowest BCUT2D eigenvalue weighted by molar-refractivity contribution is 0.0697. The molecule has 0 radical (unpaired) electrons. The molecule has 0 spiro atoms. The summed E-state index contributed by atoms with van der Waals surface area (Å²) in [6.07, 6.45) is 2.88. The molecule has 0 aliphatic carbocycles. The van der Waals surface area contributed by atoms with E-state index in [-0.39, 0.29) is 11.4 Å². The predicted octanol–water partition coefficient (Wildman–Crippen LogP) is 7.17. The molecule has 0 unspecified atom stereocenters. The Kier molecular flexibility index (Phi) is 6.78. The monoisotopic (exact) mass is 487 g/mol. The molecule has 0 saturated heterocycles. The van der Waals surface area contributed by atoms with Crippen LogP contribution in [-0.2, 0) is 0 Å². The molecule has 0 fully saturated rings. The molecule has 4 rings (SSSR count). The lowest BCUT2D eigenvalue weighted by Crippen LogP contribution is -2.08. The molecule has 2 N–H and O–H groups in total. The number of aryl methyl sites for hydroxylation is 2. The highest BCUT2D eigenvalue weighted by atomic mass is 19.1. The largest absolute Gasteiger partial charge is 0.497 e. The van der Waals surface area contributed by atoms with Gasteiger partial charge in [0.25, 0.3) is 0 Å². The van der Waals surface area contributed by atoms with E-state index in [4.69, 9.17) is 14.3 Å². The van der Waals surface area contributed by atoms with Crippen LogP contribution in [0.1, 0.15) is 39.9 Å². The SMILES string of the molecule is C=Cc1oc(-c2c(C)nn(-c3ccccc3C)c2Nc2ccc(OC)cc2C(=O)O)cc1/C=C(\C)F. The lowest BCUT2D eigenvalue weighted by atomic mass is 10.1. The van der Waals surface area contributed by atoms with E-state index in [9.17, 15) is 14.3 Å². The Morgan fingerprint density at radius 2 is 1.97 bits per heavy atom. The van der Waals surface area contributed by atoms with E-state index < -0.39 is 5.97 Å². The number of ether oxygens (including phenoxy) is 1. The molecule has 2 heterocycles. The van der Waals surface area contributed by atoms with Gasteiger partial charge in [-0.15, -0.1) is 0 Å². The molecule has 8 heteroatoms. The van der Waals surface area contributed by atoms with E-state index in [0.29, 0.717) is 45.6 Å². The summed E-state index contributed by atoms with van der Waals surface area (Å²) in [7, 11) is 1.47. The van der Waals surface area contributed by atoms with Crippen LogP contribution in [0, 0.1) is 13.8 Å². The zero-order chi connectivity index (χ0) is 26.0. The van der Waals surface area contributed by atoms with Gasteiger partial charge < -0.3 is 19.6 Å². The molecule has 7 nitrogen and oxygen atoms in total. The maximum absolute atomic E-state index is 13.7. The van der Waals surface area contributed by atoms with E-state index in [0.717, 1.165) is 11.3 Å². The van der Waals surface area contributed by atoms with Crippen LogP contribution < -0.4 is 10.1 Å². The molecular weight excluding hydrogens is 461 g/mol. The van der Waals surface area contributed by atoms with Gasteiger partial charge in [0.2, 0.25) is 0 Å². The highest BCUT2D eigenvalue weighted by molar-refractivity contribution is 5.96. The Bertz CT molecular complexity index is 1490. The second-order valence-electron chi connectivity index (χ2n) is 8.21. The third-order valence-corrected chi connectivity index (χ3v) is 5.69. The molecule has 0 aliphatic rings. The van der Waals surface area contributed by atoms with Crippen molar-refractivity contribution < 1.29 is 23.4 Å². The summed E-state index contributed by atoms with van der Waals surface area (Å²) in [5.74, 6) is 0.261. The van der Waals surface area contributed by atoms with E-state index in [1.165, 1.54) is 32.3 Å². The number of benzene rings is 2. The Morgan fingerprint density at radius 3 is 2.61 bits per heavy atom. The van der Waals surface area contributed by atoms with Crippen LogP contribution in [0.5, 0.6) is 5.75 Å². The van der Waals surface area contributed by atoms with Crippen LogP contribution in [0.3, 0.4) is 0 Å². The van der Waals surface area contributed by atoms with Crippen molar-refractivity contribution in [2.75, 3.05) is 12.4 Å². The number of nitrogens with zero attached hydrogens (tertiary/aromatic N) is 2. The number of carboxylic acids is 1. The average Bonchev–Trinajstić information content (AvgIpc) is 3.38. The molecule has 0 bridgehead atoms. The van der Waals surface area contributed by atoms with Crippen LogP contribution in [0.25, 0.3) is 29.2 Å². The van der Waals surface area contributed by atoms with Gasteiger partial charge in [-0.25, -0.2) is 13.9 Å². The van der Waals surface area contributed by atoms with Gasteiger partial charge >= 0.3 is 5.97 Å². The summed E-state index contributed by atoms with van der Waals surface area (Å²) < 4.78 is 26.7. The van der Waals surface area contributed by atoms with Gasteiger partial charge in [0, 0.05) is 5.56 Å². The molecule has 0 saturated carbocycles. The van der Waals surface area contributed by atoms with Gasteiger partial charge in [0.1, 0.15) is 23.1 Å². The van der Waals surface area contributed by atoms with Crippen molar-refractivity contribution in [2.24, 2.45) is 0 Å². The fraction of sp³-hybridized carbons (Fsp3) is 0.143. The van der Waals surface area contributed by atoms with E-state index in [1.807, 2.05) is 38.1 Å². The predicted molar refractivity (Wildman–Crippen MR) is 139 cm³/mol. The standard InChI is InChI=1S/C28H26FN3O4/c1-6-24-19(13-17(3)29)14-25(36-24)26-18(4)31-32(23-10-8-7-9-16(23)2)27(26)30-22-12-11-20(35-5)15-21(22)28(33)34/h6-15,30H,1H2,2-5H3,(H,33,34)/b17-13+. The van der Waals surface area contributed by atoms with Crippen LogP contribution >= 0.6 is 0 Å². The van der Waals surface area contributed by atoms with Gasteiger partial charge in [0.05, 0.1) is 41.1 Å². The number of hydrogen-bond acceptors (Lipinski definition) is 5. The van der Waals surface area contributed by atoms with Crippen LogP contribution in [-0.4, -0.2) is 28.0 Å². The first-order valence-corrected chi connectivity index (χ1v) is 11.2. The van der Waals surface area contributed by atoms with Gasteiger partial charge in [0.15, 0.2) is 0 Å². The van der Waals surface area contributed by atoms with Crippen molar-refractivity contribution in [1.29, 1.82) is 0 Å². The minimum Gasteiger partial charge on any atom is -0.497 e. The van der Waals surface area contributed by atoms with E-state index in [1.54, 1.807) is 22.9 Å². The molecule has 36 heavy (non-hydrogen) atoms. The first kappa shape index (κ1) is 24.5. The number of nitrogens with one attached hydrogen (secondary N) is 1. The number of halogens is 1. The molecular formula is C28H26FN3O4. The number of para-hydroxylation sites is 1. The van der Waals surface area contributed by atoms with Gasteiger partial charge in [-0.05, 0) is 68.8 Å². The summed E-state index contributed by atoms with van der Waals surface area (Å²) in [4.78, 5) is 12.0.